The van der Waals surface area contributed by atoms with Gasteiger partial charge in [0.25, 0.3) is 0 Å². The number of nitrogens with one attached hydrogen (secondary N) is 1. The number of hydrogen-bond donors (Lipinski definition) is 1. The molecule has 1 aliphatic carbocycles. The molecule has 0 aliphatic heterocycles. The lowest BCUT2D eigenvalue weighted by Crippen LogP contribution is -2.34. The van der Waals surface area contributed by atoms with E-state index in [9.17, 15) is 0 Å². The molecule has 110 valence electrons. The van der Waals surface area contributed by atoms with Crippen LogP contribution >= 0.6 is 15.9 Å². The lowest BCUT2D eigenvalue weighted by Gasteiger charge is -2.37. The van der Waals surface area contributed by atoms with Crippen molar-refractivity contribution in [2.75, 3.05) is 11.9 Å². The smallest absolute Gasteiger partial charge is 0.142 e. The van der Waals surface area contributed by atoms with Crippen LogP contribution < -0.4 is 10.1 Å². The van der Waals surface area contributed by atoms with Crippen molar-refractivity contribution < 1.29 is 4.74 Å². The topological polar surface area (TPSA) is 21.3 Å². The average Bonchev–Trinajstić information content (AvgIpc) is 2.44. The fourth-order valence-corrected chi connectivity index (χ4v) is 3.27. The molecule has 1 fully saturated rings. The van der Waals surface area contributed by atoms with E-state index in [0.29, 0.717) is 18.6 Å². The number of anilines is 1. The summed E-state index contributed by atoms with van der Waals surface area (Å²) in [6.07, 6.45) is 2.35. The fraction of sp³-hybridized carbons (Fsp3) is 0.333. The number of ether oxygens (including phenoxy) is 1. The van der Waals surface area contributed by atoms with Crippen molar-refractivity contribution in [3.8, 4) is 5.75 Å². The normalized spacial score (nSPS) is 20.7. The van der Waals surface area contributed by atoms with Gasteiger partial charge in [0.05, 0.1) is 12.3 Å². The highest BCUT2D eigenvalue weighted by atomic mass is 79.9. The molecule has 21 heavy (non-hydrogen) atoms. The van der Waals surface area contributed by atoms with Crippen LogP contribution in [0.5, 0.6) is 5.75 Å². The van der Waals surface area contributed by atoms with E-state index in [2.05, 4.69) is 57.6 Å². The van der Waals surface area contributed by atoms with Crippen molar-refractivity contribution in [1.82, 2.24) is 0 Å². The SMILES string of the molecule is CCOc1ccccc1NC1CC(c2cccc(Br)c2)C1. The van der Waals surface area contributed by atoms with Crippen LogP contribution in [0.1, 0.15) is 31.2 Å². The average molecular weight is 346 g/mol. The summed E-state index contributed by atoms with van der Waals surface area (Å²) >= 11 is 3.55. The summed E-state index contributed by atoms with van der Waals surface area (Å²) in [5.74, 6) is 1.62. The Morgan fingerprint density at radius 2 is 1.95 bits per heavy atom. The van der Waals surface area contributed by atoms with E-state index in [1.807, 2.05) is 19.1 Å². The second-order valence-electron chi connectivity index (χ2n) is 5.49. The van der Waals surface area contributed by atoms with E-state index in [1.54, 1.807) is 0 Å². The molecule has 0 aromatic heterocycles. The van der Waals surface area contributed by atoms with Gasteiger partial charge in [0, 0.05) is 10.5 Å². The fourth-order valence-electron chi connectivity index (χ4n) is 2.86. The van der Waals surface area contributed by atoms with Crippen molar-refractivity contribution in [3.05, 3.63) is 58.6 Å². The van der Waals surface area contributed by atoms with E-state index in [0.717, 1.165) is 15.9 Å². The van der Waals surface area contributed by atoms with Crippen LogP contribution in [0.2, 0.25) is 0 Å². The molecule has 0 radical (unpaired) electrons. The molecule has 0 amide bonds. The molecule has 2 aromatic rings. The maximum absolute atomic E-state index is 5.66. The van der Waals surface area contributed by atoms with Crippen LogP contribution in [0.4, 0.5) is 5.69 Å². The number of hydrogen-bond acceptors (Lipinski definition) is 2. The highest BCUT2D eigenvalue weighted by Gasteiger charge is 2.30. The molecule has 0 saturated heterocycles. The summed E-state index contributed by atoms with van der Waals surface area (Å²) in [6, 6.07) is 17.4. The van der Waals surface area contributed by atoms with Crippen molar-refractivity contribution in [2.45, 2.75) is 31.7 Å². The Morgan fingerprint density at radius 3 is 2.71 bits per heavy atom. The van der Waals surface area contributed by atoms with E-state index in [-0.39, 0.29) is 0 Å². The van der Waals surface area contributed by atoms with Gasteiger partial charge in [0.1, 0.15) is 5.75 Å². The van der Waals surface area contributed by atoms with Crippen LogP contribution in [-0.4, -0.2) is 12.6 Å². The first-order chi connectivity index (χ1) is 10.3. The lowest BCUT2D eigenvalue weighted by molar-refractivity contribution is 0.337. The summed E-state index contributed by atoms with van der Waals surface area (Å²) in [7, 11) is 0. The van der Waals surface area contributed by atoms with Gasteiger partial charge in [-0.05, 0) is 55.5 Å². The van der Waals surface area contributed by atoms with Crippen LogP contribution in [-0.2, 0) is 0 Å². The predicted octanol–water partition coefficient (Wildman–Crippen LogP) is 5.21. The molecular formula is C18H20BrNO. The maximum atomic E-state index is 5.66. The first-order valence-electron chi connectivity index (χ1n) is 7.50. The van der Waals surface area contributed by atoms with Crippen LogP contribution in [0.15, 0.2) is 53.0 Å². The van der Waals surface area contributed by atoms with Crippen molar-refractivity contribution >= 4 is 21.6 Å². The van der Waals surface area contributed by atoms with Crippen molar-refractivity contribution in [3.63, 3.8) is 0 Å². The minimum atomic E-state index is 0.538. The summed E-state index contributed by atoms with van der Waals surface area (Å²) in [4.78, 5) is 0. The van der Waals surface area contributed by atoms with Crippen molar-refractivity contribution in [2.24, 2.45) is 0 Å². The molecule has 0 atom stereocenters. The molecule has 0 unspecified atom stereocenters. The van der Waals surface area contributed by atoms with Crippen molar-refractivity contribution in [1.29, 1.82) is 0 Å². The van der Waals surface area contributed by atoms with Crippen LogP contribution in [0.25, 0.3) is 0 Å². The van der Waals surface area contributed by atoms with Gasteiger partial charge in [-0.15, -0.1) is 0 Å². The summed E-state index contributed by atoms with van der Waals surface area (Å²) < 4.78 is 6.83. The largest absolute Gasteiger partial charge is 0.492 e. The quantitative estimate of drug-likeness (QED) is 0.803. The Balaban J connectivity index is 1.60. The van der Waals surface area contributed by atoms with Crippen LogP contribution in [0, 0.1) is 0 Å². The molecule has 2 nitrogen and oxygen atoms in total. The monoisotopic (exact) mass is 345 g/mol. The predicted molar refractivity (Wildman–Crippen MR) is 91.1 cm³/mol. The van der Waals surface area contributed by atoms with E-state index < -0.39 is 0 Å². The molecule has 3 rings (SSSR count). The summed E-state index contributed by atoms with van der Waals surface area (Å²) in [5, 5.41) is 3.61. The van der Waals surface area contributed by atoms with E-state index in [4.69, 9.17) is 4.74 Å². The third-order valence-corrected chi connectivity index (χ3v) is 4.50. The third kappa shape index (κ3) is 3.41. The summed E-state index contributed by atoms with van der Waals surface area (Å²) in [5.41, 5.74) is 2.54. The minimum absolute atomic E-state index is 0.538. The zero-order valence-corrected chi connectivity index (χ0v) is 13.8. The Hall–Kier alpha value is -1.48. The highest BCUT2D eigenvalue weighted by molar-refractivity contribution is 9.10. The van der Waals surface area contributed by atoms with Gasteiger partial charge in [-0.25, -0.2) is 0 Å². The lowest BCUT2D eigenvalue weighted by atomic mass is 9.76. The zero-order chi connectivity index (χ0) is 14.7. The van der Waals surface area contributed by atoms with Gasteiger partial charge in [0.15, 0.2) is 0 Å². The third-order valence-electron chi connectivity index (χ3n) is 4.00. The van der Waals surface area contributed by atoms with Gasteiger partial charge in [-0.2, -0.15) is 0 Å². The molecule has 1 aliphatic rings. The van der Waals surface area contributed by atoms with E-state index >= 15 is 0 Å². The second-order valence-corrected chi connectivity index (χ2v) is 6.41. The second kappa shape index (κ2) is 6.52. The van der Waals surface area contributed by atoms with E-state index in [1.165, 1.54) is 18.4 Å². The first-order valence-corrected chi connectivity index (χ1v) is 8.29. The minimum Gasteiger partial charge on any atom is -0.492 e. The molecule has 1 saturated carbocycles. The zero-order valence-electron chi connectivity index (χ0n) is 12.2. The van der Waals surface area contributed by atoms with Gasteiger partial charge in [-0.3, -0.25) is 0 Å². The standard InChI is InChI=1S/C18H20BrNO/c1-2-21-18-9-4-3-8-17(18)20-16-11-14(12-16)13-6-5-7-15(19)10-13/h3-10,14,16,20H,2,11-12H2,1H3. The molecule has 0 spiro atoms. The Kier molecular flexibility index (Phi) is 4.49. The molecule has 0 bridgehead atoms. The Labute approximate surface area is 134 Å². The number of para-hydroxylation sites is 2. The van der Waals surface area contributed by atoms with Gasteiger partial charge >= 0.3 is 0 Å². The number of benzene rings is 2. The summed E-state index contributed by atoms with van der Waals surface area (Å²) in [6.45, 7) is 2.72. The molecule has 3 heteroatoms. The Morgan fingerprint density at radius 1 is 1.14 bits per heavy atom. The molecular weight excluding hydrogens is 326 g/mol. The first kappa shape index (κ1) is 14.5. The molecule has 2 aromatic carbocycles. The molecule has 1 N–H and O–H groups in total. The van der Waals surface area contributed by atoms with Gasteiger partial charge in [0.2, 0.25) is 0 Å². The number of rotatable bonds is 5. The highest BCUT2D eigenvalue weighted by Crippen LogP contribution is 2.40. The molecule has 0 heterocycles. The maximum Gasteiger partial charge on any atom is 0.142 e. The van der Waals surface area contributed by atoms with Gasteiger partial charge in [-0.1, -0.05) is 40.2 Å². The van der Waals surface area contributed by atoms with Crippen LogP contribution in [0.3, 0.4) is 0 Å². The Bertz CT molecular complexity index is 608. The number of halogens is 1. The van der Waals surface area contributed by atoms with Gasteiger partial charge < -0.3 is 10.1 Å².